The van der Waals surface area contributed by atoms with Crippen LogP contribution in [0.25, 0.3) is 0 Å². The highest BCUT2D eigenvalue weighted by Crippen LogP contribution is 2.32. The summed E-state index contributed by atoms with van der Waals surface area (Å²) >= 11 is 0. The molecule has 0 fully saturated rings. The zero-order valence-electron chi connectivity index (χ0n) is 13.2. The lowest BCUT2D eigenvalue weighted by atomic mass is 9.78. The lowest BCUT2D eigenvalue weighted by Crippen LogP contribution is -2.18. The molecule has 0 bridgehead atoms. The maximum Gasteiger partial charge on any atom is 0.119 e. The van der Waals surface area contributed by atoms with Crippen molar-refractivity contribution in [2.24, 2.45) is 0 Å². The molecule has 22 heavy (non-hydrogen) atoms. The van der Waals surface area contributed by atoms with E-state index in [1.165, 1.54) is 11.1 Å². The lowest BCUT2D eigenvalue weighted by molar-refractivity contribution is 0.312. The molecule has 2 aromatic carbocycles. The second-order valence-corrected chi connectivity index (χ2v) is 5.88. The van der Waals surface area contributed by atoms with Crippen molar-refractivity contribution in [3.63, 3.8) is 0 Å². The van der Waals surface area contributed by atoms with Gasteiger partial charge >= 0.3 is 0 Å². The molecule has 0 aliphatic carbocycles. The van der Waals surface area contributed by atoms with E-state index >= 15 is 0 Å². The number of rotatable bonds is 6. The third-order valence-corrected chi connectivity index (χ3v) is 3.91. The molecule has 0 atom stereocenters. The van der Waals surface area contributed by atoms with Crippen LogP contribution in [-0.4, -0.2) is 6.61 Å². The van der Waals surface area contributed by atoms with Crippen LogP contribution in [-0.2, 0) is 5.41 Å². The monoisotopic (exact) mass is 294 g/mol. The predicted octanol–water partition coefficient (Wildman–Crippen LogP) is 4.28. The number of nitriles is 1. The van der Waals surface area contributed by atoms with E-state index in [-0.39, 0.29) is 5.41 Å². The van der Waals surface area contributed by atoms with Gasteiger partial charge in [-0.3, -0.25) is 0 Å². The minimum atomic E-state index is -0.0902. The lowest BCUT2D eigenvalue weighted by Gasteiger charge is -2.26. The maximum atomic E-state index is 8.50. The quantitative estimate of drug-likeness (QED) is 0.639. The molecule has 2 N–H and O–H groups in total. The summed E-state index contributed by atoms with van der Waals surface area (Å²) < 4.78 is 5.63. The Morgan fingerprint density at radius 2 is 1.55 bits per heavy atom. The molecule has 0 amide bonds. The number of hydrogen-bond donors (Lipinski definition) is 1. The van der Waals surface area contributed by atoms with Gasteiger partial charge in [0.05, 0.1) is 12.7 Å². The van der Waals surface area contributed by atoms with Crippen LogP contribution in [0.3, 0.4) is 0 Å². The van der Waals surface area contributed by atoms with E-state index in [0.717, 1.165) is 17.9 Å². The fraction of sp³-hybridized carbons (Fsp3) is 0.316. The highest BCUT2D eigenvalue weighted by molar-refractivity contribution is 5.45. The van der Waals surface area contributed by atoms with Gasteiger partial charge in [-0.05, 0) is 41.8 Å². The average molecular weight is 294 g/mol. The summed E-state index contributed by atoms with van der Waals surface area (Å²) in [5, 5.41) is 8.50. The number of hydrogen-bond acceptors (Lipinski definition) is 3. The van der Waals surface area contributed by atoms with Gasteiger partial charge in [-0.2, -0.15) is 5.26 Å². The zero-order valence-corrected chi connectivity index (χ0v) is 13.2. The minimum absolute atomic E-state index is 0.0902. The van der Waals surface area contributed by atoms with Gasteiger partial charge in [-0.25, -0.2) is 0 Å². The van der Waals surface area contributed by atoms with E-state index in [9.17, 15) is 0 Å². The van der Waals surface area contributed by atoms with Crippen LogP contribution in [0.4, 0.5) is 5.69 Å². The van der Waals surface area contributed by atoms with Crippen LogP contribution < -0.4 is 10.5 Å². The van der Waals surface area contributed by atoms with Gasteiger partial charge in [-0.15, -0.1) is 0 Å². The van der Waals surface area contributed by atoms with Crippen molar-refractivity contribution < 1.29 is 4.74 Å². The molecule has 3 nitrogen and oxygen atoms in total. The molecule has 114 valence electrons. The first-order valence-corrected chi connectivity index (χ1v) is 7.50. The van der Waals surface area contributed by atoms with Crippen LogP contribution in [0.15, 0.2) is 48.5 Å². The second-order valence-electron chi connectivity index (χ2n) is 5.88. The van der Waals surface area contributed by atoms with E-state index in [4.69, 9.17) is 15.7 Å². The molecule has 0 aliphatic heterocycles. The number of nitrogens with zero attached hydrogens (tertiary/aromatic N) is 1. The summed E-state index contributed by atoms with van der Waals surface area (Å²) in [5.41, 5.74) is 8.90. The highest BCUT2D eigenvalue weighted by atomic mass is 16.5. The molecule has 0 spiro atoms. The Morgan fingerprint density at radius 1 is 1.00 bits per heavy atom. The fourth-order valence-electron chi connectivity index (χ4n) is 2.38. The molecule has 2 rings (SSSR count). The summed E-state index contributed by atoms with van der Waals surface area (Å²) in [6.07, 6.45) is 1.29. The molecule has 2 aromatic rings. The summed E-state index contributed by atoms with van der Waals surface area (Å²) in [6.45, 7) is 4.97. The van der Waals surface area contributed by atoms with E-state index in [0.29, 0.717) is 13.0 Å². The molecule has 0 saturated carbocycles. The summed E-state index contributed by atoms with van der Waals surface area (Å²) in [4.78, 5) is 0. The number of benzene rings is 2. The Hall–Kier alpha value is -2.47. The van der Waals surface area contributed by atoms with Gasteiger partial charge in [-0.1, -0.05) is 38.1 Å². The van der Waals surface area contributed by atoms with Gasteiger partial charge in [0.1, 0.15) is 5.75 Å². The Morgan fingerprint density at radius 3 is 2.09 bits per heavy atom. The SMILES string of the molecule is CC(C)(c1ccc(N)cc1)c1ccc(OCCCC#N)cc1. The van der Waals surface area contributed by atoms with Crippen LogP contribution in [0.2, 0.25) is 0 Å². The number of nitrogen functional groups attached to an aromatic ring is 1. The zero-order chi connectivity index (χ0) is 16.0. The van der Waals surface area contributed by atoms with Crippen LogP contribution >= 0.6 is 0 Å². The number of nitrogens with two attached hydrogens (primary N) is 1. The van der Waals surface area contributed by atoms with Crippen molar-refractivity contribution in [3.8, 4) is 11.8 Å². The van der Waals surface area contributed by atoms with Crippen molar-refractivity contribution in [3.05, 3.63) is 59.7 Å². The Kier molecular flexibility index (Phi) is 5.06. The number of anilines is 1. The Bertz CT molecular complexity index is 637. The Labute approximate surface area is 132 Å². The normalized spacial score (nSPS) is 11.0. The molecule has 0 heterocycles. The number of unbranched alkanes of at least 4 members (excludes halogenated alkanes) is 1. The fourth-order valence-corrected chi connectivity index (χ4v) is 2.38. The van der Waals surface area contributed by atoms with E-state index in [2.05, 4.69) is 44.2 Å². The van der Waals surface area contributed by atoms with Crippen molar-refractivity contribution in [1.82, 2.24) is 0 Å². The number of ether oxygens (including phenoxy) is 1. The third kappa shape index (κ3) is 3.79. The van der Waals surface area contributed by atoms with Gasteiger partial charge in [0, 0.05) is 17.5 Å². The van der Waals surface area contributed by atoms with Gasteiger partial charge in [0.2, 0.25) is 0 Å². The van der Waals surface area contributed by atoms with E-state index in [1.807, 2.05) is 24.3 Å². The van der Waals surface area contributed by atoms with Gasteiger partial charge in [0.15, 0.2) is 0 Å². The molecule has 0 radical (unpaired) electrons. The molecule has 0 saturated heterocycles. The largest absolute Gasteiger partial charge is 0.494 e. The third-order valence-electron chi connectivity index (χ3n) is 3.91. The first-order chi connectivity index (χ1) is 10.5. The molecular weight excluding hydrogens is 272 g/mol. The first-order valence-electron chi connectivity index (χ1n) is 7.50. The predicted molar refractivity (Wildman–Crippen MR) is 89.8 cm³/mol. The maximum absolute atomic E-state index is 8.50. The van der Waals surface area contributed by atoms with Crippen molar-refractivity contribution in [2.75, 3.05) is 12.3 Å². The summed E-state index contributed by atoms with van der Waals surface area (Å²) in [7, 11) is 0. The van der Waals surface area contributed by atoms with Crippen molar-refractivity contribution >= 4 is 5.69 Å². The van der Waals surface area contributed by atoms with Crippen LogP contribution in [0.5, 0.6) is 5.75 Å². The standard InChI is InChI=1S/C19H22N2O/c1-19(2,15-5-9-17(21)10-6-15)16-7-11-18(12-8-16)22-14-4-3-13-20/h5-12H,3-4,14,21H2,1-2H3. The highest BCUT2D eigenvalue weighted by Gasteiger charge is 2.22. The average Bonchev–Trinajstić information content (AvgIpc) is 2.52. The van der Waals surface area contributed by atoms with Gasteiger partial charge < -0.3 is 10.5 Å². The molecule has 0 aliphatic rings. The summed E-state index contributed by atoms with van der Waals surface area (Å²) in [5.74, 6) is 0.842. The second kappa shape index (κ2) is 7.00. The van der Waals surface area contributed by atoms with Crippen LogP contribution in [0.1, 0.15) is 37.8 Å². The van der Waals surface area contributed by atoms with E-state index < -0.39 is 0 Å². The van der Waals surface area contributed by atoms with Gasteiger partial charge in [0.25, 0.3) is 0 Å². The van der Waals surface area contributed by atoms with Crippen molar-refractivity contribution in [1.29, 1.82) is 5.26 Å². The molecule has 0 unspecified atom stereocenters. The topological polar surface area (TPSA) is 59.0 Å². The molecule has 3 heteroatoms. The van der Waals surface area contributed by atoms with E-state index in [1.54, 1.807) is 0 Å². The minimum Gasteiger partial charge on any atom is -0.494 e. The van der Waals surface area contributed by atoms with Crippen LogP contribution in [0, 0.1) is 11.3 Å². The first kappa shape index (κ1) is 15.9. The molecule has 0 aromatic heterocycles. The molecular formula is C19H22N2O. The summed E-state index contributed by atoms with van der Waals surface area (Å²) in [6, 6.07) is 18.3. The Balaban J connectivity index is 2.08. The smallest absolute Gasteiger partial charge is 0.119 e. The van der Waals surface area contributed by atoms with Crippen molar-refractivity contribution in [2.45, 2.75) is 32.1 Å².